The van der Waals surface area contributed by atoms with Crippen LogP contribution in [0, 0.1) is 17.9 Å². The molecule has 5 heteroatoms. The molecule has 0 spiro atoms. The third-order valence-electron chi connectivity index (χ3n) is 9.62. The molecule has 1 aliphatic rings. The maximum atomic E-state index is 11.7. The van der Waals surface area contributed by atoms with Gasteiger partial charge in [0.05, 0.1) is 5.76 Å². The van der Waals surface area contributed by atoms with Crippen LogP contribution >= 0.6 is 0 Å². The molecule has 0 saturated heterocycles. The van der Waals surface area contributed by atoms with E-state index in [4.69, 9.17) is 4.98 Å². The Balaban J connectivity index is 0.000000322. The number of benzene rings is 3. The van der Waals surface area contributed by atoms with Crippen molar-refractivity contribution in [3.05, 3.63) is 108 Å². The van der Waals surface area contributed by atoms with E-state index in [0.717, 1.165) is 42.3 Å². The van der Waals surface area contributed by atoms with Crippen molar-refractivity contribution in [2.24, 2.45) is 11.8 Å². The van der Waals surface area contributed by atoms with Crippen molar-refractivity contribution >= 4 is 41.1 Å². The average molecular weight is 823 g/mol. The van der Waals surface area contributed by atoms with Crippen LogP contribution in [-0.4, -0.2) is 23.9 Å². The van der Waals surface area contributed by atoms with E-state index in [1.807, 2.05) is 33.9 Å². The molecule has 0 amide bonds. The summed E-state index contributed by atoms with van der Waals surface area (Å²) in [5, 5.41) is 15.2. The van der Waals surface area contributed by atoms with Crippen molar-refractivity contribution in [1.82, 2.24) is 4.98 Å². The molecular formula is C42H52IrNO2Si-. The molecule has 0 saturated carbocycles. The number of pyridine rings is 1. The summed E-state index contributed by atoms with van der Waals surface area (Å²) in [6.45, 7) is 19.8. The number of ketones is 1. The van der Waals surface area contributed by atoms with Gasteiger partial charge >= 0.3 is 0 Å². The van der Waals surface area contributed by atoms with Crippen molar-refractivity contribution < 1.29 is 30.0 Å². The van der Waals surface area contributed by atoms with Crippen LogP contribution in [0.3, 0.4) is 0 Å². The fraction of sp³-hybridized carbons (Fsp3) is 0.381. The van der Waals surface area contributed by atoms with E-state index < -0.39 is 8.07 Å². The largest absolute Gasteiger partial charge is 0.512 e. The Morgan fingerprint density at radius 3 is 2.13 bits per heavy atom. The van der Waals surface area contributed by atoms with Crippen LogP contribution in [0.4, 0.5) is 0 Å². The molecule has 4 aromatic rings. The number of carbonyl (C=O) groups is 1. The number of rotatable bonds is 9. The van der Waals surface area contributed by atoms with E-state index in [9.17, 15) is 9.90 Å². The van der Waals surface area contributed by atoms with Gasteiger partial charge in [0, 0.05) is 49.9 Å². The van der Waals surface area contributed by atoms with E-state index >= 15 is 0 Å². The zero-order valence-corrected chi connectivity index (χ0v) is 33.1. The number of hydrogen-bond donors (Lipinski definition) is 1. The number of carbonyl (C=O) groups excluding carboxylic acids is 1. The molecule has 47 heavy (non-hydrogen) atoms. The molecule has 2 heterocycles. The molecule has 0 atom stereocenters. The third kappa shape index (κ3) is 8.68. The Bertz CT molecular complexity index is 1740. The van der Waals surface area contributed by atoms with Crippen molar-refractivity contribution in [2.45, 2.75) is 92.7 Å². The fourth-order valence-corrected chi connectivity index (χ4v) is 9.70. The first-order valence-corrected chi connectivity index (χ1v) is 20.0. The van der Waals surface area contributed by atoms with Crippen molar-refractivity contribution in [2.75, 3.05) is 0 Å². The van der Waals surface area contributed by atoms with Gasteiger partial charge < -0.3 is 5.11 Å². The molecule has 0 bridgehead atoms. The zero-order valence-electron chi connectivity index (χ0n) is 29.7. The standard InChI is InChI=1S/C29H28NSi.C13H24O2.Ir/c1-29(2,3)25-17-23(16-20-10-6-8-12-24(20)25)26-18-22(14-15-30-26)28-19-21-11-7-9-13-27(21)31(28,4)5;1-5-10(6-2)12(14)9-13(15)11(7-3)8-4;/h6-15,17-19H,1-5H3;9-11,14H,5-8H2,1-4H3;/q-1;;/b;12-9-;. The quantitative estimate of drug-likeness (QED) is 0.0792. The zero-order chi connectivity index (χ0) is 33.6. The van der Waals surface area contributed by atoms with Crippen LogP contribution in [-0.2, 0) is 30.3 Å². The summed E-state index contributed by atoms with van der Waals surface area (Å²) in [5.74, 6) is 0.547. The summed E-state index contributed by atoms with van der Waals surface area (Å²) < 4.78 is 0. The summed E-state index contributed by atoms with van der Waals surface area (Å²) in [7, 11) is -1.72. The number of allylic oxidation sites excluding steroid dienone is 2. The van der Waals surface area contributed by atoms with Gasteiger partial charge in [-0.1, -0.05) is 127 Å². The summed E-state index contributed by atoms with van der Waals surface area (Å²) in [4.78, 5) is 16.5. The number of hydrogen-bond acceptors (Lipinski definition) is 3. The van der Waals surface area contributed by atoms with Crippen LogP contribution in [0.15, 0.2) is 84.8 Å². The van der Waals surface area contributed by atoms with Crippen molar-refractivity contribution in [3.63, 3.8) is 0 Å². The molecule has 5 rings (SSSR count). The van der Waals surface area contributed by atoms with Crippen molar-refractivity contribution in [3.8, 4) is 11.3 Å². The van der Waals surface area contributed by atoms with Crippen LogP contribution in [0.2, 0.25) is 13.1 Å². The Morgan fingerprint density at radius 2 is 1.51 bits per heavy atom. The van der Waals surface area contributed by atoms with Gasteiger partial charge in [-0.2, -0.15) is 0 Å². The predicted octanol–water partition coefficient (Wildman–Crippen LogP) is 10.9. The maximum absolute atomic E-state index is 11.7. The SMILES string of the molecule is CC(C)(C)c1cc(-c2cc(C3=Cc4ccccc4[Si]3(C)C)ccn2)[c-]c2ccccc12.CCC(CC)C(=O)/C=C(\O)C(CC)CC.[Ir]. The minimum Gasteiger partial charge on any atom is -0.512 e. The average Bonchev–Trinajstić information content (AvgIpc) is 3.31. The molecule has 1 N–H and O–H groups in total. The van der Waals surface area contributed by atoms with Gasteiger partial charge in [-0.25, -0.2) is 0 Å². The molecule has 0 aliphatic carbocycles. The number of aliphatic hydroxyl groups excluding tert-OH is 1. The molecule has 0 unspecified atom stereocenters. The normalized spacial score (nSPS) is 13.9. The molecule has 1 aliphatic heterocycles. The Labute approximate surface area is 298 Å². The van der Waals surface area contributed by atoms with Gasteiger partial charge in [0.25, 0.3) is 0 Å². The topological polar surface area (TPSA) is 50.2 Å². The molecule has 0 fully saturated rings. The van der Waals surface area contributed by atoms with E-state index in [1.54, 1.807) is 0 Å². The second-order valence-electron chi connectivity index (χ2n) is 14.1. The molecular weight excluding hydrogens is 771 g/mol. The van der Waals surface area contributed by atoms with E-state index in [2.05, 4.69) is 113 Å². The van der Waals surface area contributed by atoms with Gasteiger partial charge in [0.1, 0.15) is 8.07 Å². The summed E-state index contributed by atoms with van der Waals surface area (Å²) in [5.41, 5.74) is 6.12. The molecule has 1 radical (unpaired) electrons. The van der Waals surface area contributed by atoms with Crippen molar-refractivity contribution in [1.29, 1.82) is 0 Å². The monoisotopic (exact) mass is 823 g/mol. The minimum absolute atomic E-state index is 0. The summed E-state index contributed by atoms with van der Waals surface area (Å²) in [6.07, 6.45) is 9.26. The summed E-state index contributed by atoms with van der Waals surface area (Å²) in [6, 6.07) is 27.8. The van der Waals surface area contributed by atoms with Gasteiger partial charge in [0.2, 0.25) is 0 Å². The third-order valence-corrected chi connectivity index (χ3v) is 13.2. The predicted molar refractivity (Wildman–Crippen MR) is 200 cm³/mol. The number of aromatic nitrogens is 1. The van der Waals surface area contributed by atoms with Gasteiger partial charge in [-0.15, -0.1) is 29.1 Å². The number of aliphatic hydroxyl groups is 1. The molecule has 1 aromatic heterocycles. The van der Waals surface area contributed by atoms with Crippen LogP contribution in [0.25, 0.3) is 33.3 Å². The summed E-state index contributed by atoms with van der Waals surface area (Å²) >= 11 is 0. The van der Waals surface area contributed by atoms with Crippen LogP contribution in [0.1, 0.15) is 90.8 Å². The minimum atomic E-state index is -1.72. The Kier molecular flexibility index (Phi) is 13.3. The first-order valence-electron chi connectivity index (χ1n) is 17.0. The second kappa shape index (κ2) is 16.3. The van der Waals surface area contributed by atoms with Gasteiger partial charge in [0.15, 0.2) is 5.78 Å². The van der Waals surface area contributed by atoms with Gasteiger partial charge in [-0.05, 0) is 58.7 Å². The molecule has 3 aromatic carbocycles. The second-order valence-corrected chi connectivity index (χ2v) is 18.4. The van der Waals surface area contributed by atoms with E-state index in [0.29, 0.717) is 0 Å². The first kappa shape index (κ1) is 38.3. The fourth-order valence-electron chi connectivity index (χ4n) is 6.63. The van der Waals surface area contributed by atoms with Gasteiger partial charge in [-0.3, -0.25) is 9.78 Å². The van der Waals surface area contributed by atoms with Crippen LogP contribution < -0.4 is 5.19 Å². The molecule has 251 valence electrons. The van der Waals surface area contributed by atoms with Crippen LogP contribution in [0.5, 0.6) is 0 Å². The number of nitrogens with zero attached hydrogens (tertiary/aromatic N) is 1. The van der Waals surface area contributed by atoms with E-state index in [-0.39, 0.29) is 48.9 Å². The number of fused-ring (bicyclic) bond motifs is 2. The first-order chi connectivity index (χ1) is 21.8. The molecule has 3 nitrogen and oxygen atoms in total. The Morgan fingerprint density at radius 1 is 0.894 bits per heavy atom. The van der Waals surface area contributed by atoms with E-state index in [1.165, 1.54) is 38.5 Å². The maximum Gasteiger partial charge on any atom is 0.162 e. The smallest absolute Gasteiger partial charge is 0.162 e. The Hall–Kier alpha value is -3.11.